The number of rotatable bonds is 3. The fourth-order valence-corrected chi connectivity index (χ4v) is 2.60. The quantitative estimate of drug-likeness (QED) is 0.808. The van der Waals surface area contributed by atoms with Gasteiger partial charge in [-0.05, 0) is 45.9 Å². The minimum absolute atomic E-state index is 0.298. The summed E-state index contributed by atoms with van der Waals surface area (Å²) in [6.07, 6.45) is 3.49. The molecule has 1 fully saturated rings. The molecular formula is C16H19BClFN2O2. The molecule has 0 spiro atoms. The lowest BCUT2D eigenvalue weighted by molar-refractivity contribution is 0.00578. The van der Waals surface area contributed by atoms with Gasteiger partial charge in [0, 0.05) is 28.4 Å². The Bertz CT molecular complexity index is 717. The van der Waals surface area contributed by atoms with Crippen molar-refractivity contribution in [2.24, 2.45) is 0 Å². The molecule has 1 aliphatic heterocycles. The topological polar surface area (TPSA) is 36.3 Å². The Hall–Kier alpha value is -1.37. The van der Waals surface area contributed by atoms with Gasteiger partial charge in [0.25, 0.3) is 0 Å². The van der Waals surface area contributed by atoms with E-state index in [1.165, 1.54) is 12.1 Å². The molecule has 0 unspecified atom stereocenters. The van der Waals surface area contributed by atoms with Gasteiger partial charge in [0.15, 0.2) is 0 Å². The Balaban J connectivity index is 1.78. The fourth-order valence-electron chi connectivity index (χ4n) is 2.41. The molecule has 0 bridgehead atoms. The third-order valence-corrected chi connectivity index (χ3v) is 4.75. The Morgan fingerprint density at radius 1 is 1.22 bits per heavy atom. The highest BCUT2D eigenvalue weighted by Gasteiger charge is 2.52. The van der Waals surface area contributed by atoms with E-state index in [9.17, 15) is 4.39 Å². The maximum absolute atomic E-state index is 13.8. The van der Waals surface area contributed by atoms with Gasteiger partial charge in [0.05, 0.1) is 17.7 Å². The molecule has 1 aromatic heterocycles. The molecule has 2 aromatic rings. The fraction of sp³-hybridized carbons (Fsp3) is 0.438. The summed E-state index contributed by atoms with van der Waals surface area (Å²) in [6.45, 7) is 8.29. The van der Waals surface area contributed by atoms with Crippen LogP contribution < -0.4 is 5.46 Å². The molecule has 0 N–H and O–H groups in total. The van der Waals surface area contributed by atoms with Crippen LogP contribution in [0.3, 0.4) is 0 Å². The third kappa shape index (κ3) is 3.16. The Morgan fingerprint density at radius 3 is 2.52 bits per heavy atom. The Morgan fingerprint density at radius 2 is 1.87 bits per heavy atom. The van der Waals surface area contributed by atoms with Gasteiger partial charge in [0.1, 0.15) is 5.82 Å². The summed E-state index contributed by atoms with van der Waals surface area (Å²) in [5.74, 6) is -0.304. The predicted octanol–water partition coefficient (Wildman–Crippen LogP) is 3.02. The summed E-state index contributed by atoms with van der Waals surface area (Å²) in [5.41, 5.74) is 0.490. The average molecular weight is 337 g/mol. The maximum atomic E-state index is 13.8. The molecular weight excluding hydrogens is 317 g/mol. The zero-order valence-electron chi connectivity index (χ0n) is 13.6. The van der Waals surface area contributed by atoms with Crippen molar-refractivity contribution in [1.82, 2.24) is 9.78 Å². The first-order valence-electron chi connectivity index (χ1n) is 7.50. The largest absolute Gasteiger partial charge is 0.498 e. The second kappa shape index (κ2) is 5.62. The smallest absolute Gasteiger partial charge is 0.399 e. The summed E-state index contributed by atoms with van der Waals surface area (Å²) in [4.78, 5) is 0. The van der Waals surface area contributed by atoms with Crippen molar-refractivity contribution in [2.75, 3.05) is 0 Å². The molecule has 0 saturated carbocycles. The monoisotopic (exact) mass is 336 g/mol. The first kappa shape index (κ1) is 16.5. The van der Waals surface area contributed by atoms with Gasteiger partial charge in [-0.15, -0.1) is 0 Å². The molecule has 0 amide bonds. The van der Waals surface area contributed by atoms with Gasteiger partial charge in [0.2, 0.25) is 0 Å². The van der Waals surface area contributed by atoms with E-state index < -0.39 is 18.3 Å². The van der Waals surface area contributed by atoms with Gasteiger partial charge in [-0.1, -0.05) is 11.6 Å². The molecule has 2 heterocycles. The van der Waals surface area contributed by atoms with Crippen molar-refractivity contribution in [3.8, 4) is 0 Å². The van der Waals surface area contributed by atoms with Crippen LogP contribution >= 0.6 is 11.6 Å². The molecule has 0 atom stereocenters. The standard InChI is InChI=1S/C16H19BClFN2O2/c1-15(2)16(3,4)23-17(22-15)12-8-20-21(10-12)9-11-7-13(18)5-6-14(11)19/h5-8,10H,9H2,1-4H3. The summed E-state index contributed by atoms with van der Waals surface area (Å²) in [7, 11) is -0.474. The Kier molecular flexibility index (Phi) is 4.03. The van der Waals surface area contributed by atoms with Crippen molar-refractivity contribution in [2.45, 2.75) is 45.4 Å². The molecule has 0 aliphatic carbocycles. The highest BCUT2D eigenvalue weighted by atomic mass is 35.5. The van der Waals surface area contributed by atoms with Crippen molar-refractivity contribution in [3.05, 3.63) is 47.0 Å². The zero-order valence-corrected chi connectivity index (χ0v) is 14.4. The number of halogens is 2. The average Bonchev–Trinajstić information content (AvgIpc) is 2.97. The van der Waals surface area contributed by atoms with Crippen LogP contribution in [0.15, 0.2) is 30.6 Å². The molecule has 1 aromatic carbocycles. The summed E-state index contributed by atoms with van der Waals surface area (Å²) in [5, 5.41) is 4.77. The summed E-state index contributed by atoms with van der Waals surface area (Å²) >= 11 is 5.92. The van der Waals surface area contributed by atoms with Crippen LogP contribution in [0, 0.1) is 5.82 Å². The number of aromatic nitrogens is 2. The normalized spacial score (nSPS) is 19.3. The zero-order chi connectivity index (χ0) is 16.8. The van der Waals surface area contributed by atoms with E-state index in [0.717, 1.165) is 5.46 Å². The van der Waals surface area contributed by atoms with Crippen LogP contribution in [0.4, 0.5) is 4.39 Å². The highest BCUT2D eigenvalue weighted by molar-refractivity contribution is 6.62. The van der Waals surface area contributed by atoms with Gasteiger partial charge in [-0.3, -0.25) is 4.68 Å². The third-order valence-electron chi connectivity index (χ3n) is 4.52. The lowest BCUT2D eigenvalue weighted by atomic mass is 9.82. The maximum Gasteiger partial charge on any atom is 0.498 e. The van der Waals surface area contributed by atoms with E-state index in [1.807, 2.05) is 33.9 Å². The van der Waals surface area contributed by atoms with E-state index in [0.29, 0.717) is 17.1 Å². The number of benzene rings is 1. The van der Waals surface area contributed by atoms with E-state index in [-0.39, 0.29) is 5.82 Å². The van der Waals surface area contributed by atoms with Crippen molar-refractivity contribution >= 4 is 24.2 Å². The number of nitrogens with zero attached hydrogens (tertiary/aromatic N) is 2. The predicted molar refractivity (Wildman–Crippen MR) is 88.5 cm³/mol. The van der Waals surface area contributed by atoms with E-state index in [4.69, 9.17) is 20.9 Å². The van der Waals surface area contributed by atoms with Crippen molar-refractivity contribution in [1.29, 1.82) is 0 Å². The lowest BCUT2D eigenvalue weighted by Gasteiger charge is -2.32. The van der Waals surface area contributed by atoms with Crippen molar-refractivity contribution in [3.63, 3.8) is 0 Å². The lowest BCUT2D eigenvalue weighted by Crippen LogP contribution is -2.41. The van der Waals surface area contributed by atoms with Crippen LogP contribution in [-0.4, -0.2) is 28.1 Å². The van der Waals surface area contributed by atoms with Crippen LogP contribution in [0.5, 0.6) is 0 Å². The van der Waals surface area contributed by atoms with Gasteiger partial charge in [-0.25, -0.2) is 4.39 Å². The summed E-state index contributed by atoms with van der Waals surface area (Å²) in [6, 6.07) is 4.49. The molecule has 122 valence electrons. The van der Waals surface area contributed by atoms with Gasteiger partial charge < -0.3 is 9.31 Å². The Labute approximate surface area is 140 Å². The minimum Gasteiger partial charge on any atom is -0.399 e. The van der Waals surface area contributed by atoms with E-state index >= 15 is 0 Å². The van der Waals surface area contributed by atoms with Gasteiger partial charge >= 0.3 is 7.12 Å². The first-order chi connectivity index (χ1) is 10.7. The van der Waals surface area contributed by atoms with Crippen molar-refractivity contribution < 1.29 is 13.7 Å². The second-order valence-electron chi connectivity index (χ2n) is 6.80. The van der Waals surface area contributed by atoms with Gasteiger partial charge in [-0.2, -0.15) is 5.10 Å². The van der Waals surface area contributed by atoms with E-state index in [1.54, 1.807) is 16.9 Å². The van der Waals surface area contributed by atoms with Crippen LogP contribution in [0.2, 0.25) is 5.02 Å². The summed E-state index contributed by atoms with van der Waals surface area (Å²) < 4.78 is 27.4. The first-order valence-corrected chi connectivity index (χ1v) is 7.88. The van der Waals surface area contributed by atoms with Crippen LogP contribution in [0.25, 0.3) is 0 Å². The SMILES string of the molecule is CC1(C)OB(c2cnn(Cc3cc(Cl)ccc3F)c2)OC1(C)C. The molecule has 3 rings (SSSR count). The molecule has 1 saturated heterocycles. The van der Waals surface area contributed by atoms with E-state index in [2.05, 4.69) is 5.10 Å². The molecule has 4 nitrogen and oxygen atoms in total. The van der Waals surface area contributed by atoms with Crippen LogP contribution in [-0.2, 0) is 15.9 Å². The molecule has 23 heavy (non-hydrogen) atoms. The molecule has 1 aliphatic rings. The van der Waals surface area contributed by atoms with Crippen LogP contribution in [0.1, 0.15) is 33.3 Å². The highest BCUT2D eigenvalue weighted by Crippen LogP contribution is 2.36. The minimum atomic E-state index is -0.474. The number of hydrogen-bond acceptors (Lipinski definition) is 3. The molecule has 7 heteroatoms. The molecule has 0 radical (unpaired) electrons. The number of hydrogen-bond donors (Lipinski definition) is 0. The second-order valence-corrected chi connectivity index (χ2v) is 7.23.